The Morgan fingerprint density at radius 3 is 2.82 bits per heavy atom. The number of thiophene rings is 1. The van der Waals surface area contributed by atoms with Gasteiger partial charge in [-0.2, -0.15) is 0 Å². The van der Waals surface area contributed by atoms with Gasteiger partial charge in [-0.1, -0.05) is 6.07 Å². The molecule has 3 aromatic rings. The van der Waals surface area contributed by atoms with Crippen molar-refractivity contribution >= 4 is 28.1 Å². The SMILES string of the molecule is Cc1c(C)n(C)c2ccc(C(=O)NCCc3cccs3)cc12. The molecule has 3 rings (SSSR count). The van der Waals surface area contributed by atoms with Crippen LogP contribution < -0.4 is 5.32 Å². The molecule has 0 fully saturated rings. The first-order valence-corrected chi connectivity index (χ1v) is 8.32. The smallest absolute Gasteiger partial charge is 0.251 e. The molecule has 0 bridgehead atoms. The van der Waals surface area contributed by atoms with Gasteiger partial charge < -0.3 is 9.88 Å². The van der Waals surface area contributed by atoms with Gasteiger partial charge in [0.2, 0.25) is 0 Å². The Balaban J connectivity index is 1.75. The molecule has 4 heteroatoms. The van der Waals surface area contributed by atoms with Crippen LogP contribution in [0.2, 0.25) is 0 Å². The highest BCUT2D eigenvalue weighted by Crippen LogP contribution is 2.25. The van der Waals surface area contributed by atoms with Crippen LogP contribution in [0.4, 0.5) is 0 Å². The number of carbonyl (C=O) groups excluding carboxylic acids is 1. The number of benzene rings is 1. The van der Waals surface area contributed by atoms with E-state index in [0.717, 1.165) is 17.4 Å². The van der Waals surface area contributed by atoms with Crippen molar-refractivity contribution in [2.24, 2.45) is 7.05 Å². The summed E-state index contributed by atoms with van der Waals surface area (Å²) in [7, 11) is 2.06. The maximum Gasteiger partial charge on any atom is 0.251 e. The van der Waals surface area contributed by atoms with Crippen molar-refractivity contribution in [2.75, 3.05) is 6.54 Å². The molecule has 22 heavy (non-hydrogen) atoms. The van der Waals surface area contributed by atoms with Gasteiger partial charge in [-0.15, -0.1) is 11.3 Å². The molecular weight excluding hydrogens is 292 g/mol. The Morgan fingerprint density at radius 1 is 1.27 bits per heavy atom. The Bertz CT molecular complexity index is 815. The lowest BCUT2D eigenvalue weighted by Crippen LogP contribution is -2.25. The zero-order valence-corrected chi connectivity index (χ0v) is 14.0. The van der Waals surface area contributed by atoms with Gasteiger partial charge in [-0.25, -0.2) is 0 Å². The van der Waals surface area contributed by atoms with Crippen LogP contribution in [0.25, 0.3) is 10.9 Å². The number of aryl methyl sites for hydroxylation is 2. The lowest BCUT2D eigenvalue weighted by atomic mass is 10.1. The number of aromatic nitrogens is 1. The highest BCUT2D eigenvalue weighted by molar-refractivity contribution is 7.09. The third-order valence-corrected chi connectivity index (χ3v) is 5.24. The van der Waals surface area contributed by atoms with Crippen molar-refractivity contribution in [3.63, 3.8) is 0 Å². The number of hydrogen-bond acceptors (Lipinski definition) is 2. The summed E-state index contributed by atoms with van der Waals surface area (Å²) >= 11 is 1.72. The van der Waals surface area contributed by atoms with E-state index < -0.39 is 0 Å². The first kappa shape index (κ1) is 14.9. The third kappa shape index (κ3) is 2.66. The molecule has 1 aromatic carbocycles. The number of nitrogens with zero attached hydrogens (tertiary/aromatic N) is 1. The second-order valence-corrected chi connectivity index (χ2v) is 6.62. The summed E-state index contributed by atoms with van der Waals surface area (Å²) in [6.07, 6.45) is 0.884. The lowest BCUT2D eigenvalue weighted by Gasteiger charge is -2.05. The summed E-state index contributed by atoms with van der Waals surface area (Å²) < 4.78 is 2.17. The number of carbonyl (C=O) groups is 1. The number of rotatable bonds is 4. The Morgan fingerprint density at radius 2 is 2.09 bits per heavy atom. The van der Waals surface area contributed by atoms with E-state index in [9.17, 15) is 4.79 Å². The highest BCUT2D eigenvalue weighted by Gasteiger charge is 2.11. The van der Waals surface area contributed by atoms with Gasteiger partial charge >= 0.3 is 0 Å². The average molecular weight is 312 g/mol. The van der Waals surface area contributed by atoms with Crippen LogP contribution in [0.1, 0.15) is 26.5 Å². The summed E-state index contributed by atoms with van der Waals surface area (Å²) in [6.45, 7) is 4.89. The van der Waals surface area contributed by atoms with Crippen molar-refractivity contribution in [1.29, 1.82) is 0 Å². The fourth-order valence-corrected chi connectivity index (χ4v) is 3.46. The Kier molecular flexibility index (Phi) is 4.03. The molecule has 0 aliphatic heterocycles. The first-order valence-electron chi connectivity index (χ1n) is 7.44. The molecule has 0 saturated carbocycles. The van der Waals surface area contributed by atoms with E-state index in [-0.39, 0.29) is 5.91 Å². The minimum Gasteiger partial charge on any atom is -0.352 e. The van der Waals surface area contributed by atoms with Crippen molar-refractivity contribution in [1.82, 2.24) is 9.88 Å². The average Bonchev–Trinajstić information content (AvgIpc) is 3.11. The quantitative estimate of drug-likeness (QED) is 0.780. The van der Waals surface area contributed by atoms with Gasteiger partial charge in [0, 0.05) is 40.6 Å². The predicted octanol–water partition coefficient (Wildman–Crippen LogP) is 3.83. The molecule has 0 saturated heterocycles. The molecule has 3 nitrogen and oxygen atoms in total. The van der Waals surface area contributed by atoms with Gasteiger partial charge in [0.1, 0.15) is 0 Å². The summed E-state index contributed by atoms with van der Waals surface area (Å²) in [5.74, 6) is -0.000591. The summed E-state index contributed by atoms with van der Waals surface area (Å²) in [6, 6.07) is 10.1. The van der Waals surface area contributed by atoms with E-state index in [4.69, 9.17) is 0 Å². The molecule has 114 valence electrons. The number of hydrogen-bond donors (Lipinski definition) is 1. The number of fused-ring (bicyclic) bond motifs is 1. The molecule has 0 spiro atoms. The van der Waals surface area contributed by atoms with Crippen LogP contribution in [-0.4, -0.2) is 17.0 Å². The summed E-state index contributed by atoms with van der Waals surface area (Å²) in [5, 5.41) is 6.22. The first-order chi connectivity index (χ1) is 10.6. The molecule has 0 atom stereocenters. The van der Waals surface area contributed by atoms with Gasteiger partial charge in [0.05, 0.1) is 0 Å². The van der Waals surface area contributed by atoms with Gasteiger partial charge in [-0.3, -0.25) is 4.79 Å². The summed E-state index contributed by atoms with van der Waals surface area (Å²) in [5.41, 5.74) is 4.38. The zero-order valence-electron chi connectivity index (χ0n) is 13.1. The van der Waals surface area contributed by atoms with E-state index in [1.807, 2.05) is 24.3 Å². The standard InChI is InChI=1S/C18H20N2OS/c1-12-13(2)20(3)17-7-6-14(11-16(12)17)18(21)19-9-8-15-5-4-10-22-15/h4-7,10-11H,8-9H2,1-3H3,(H,19,21). The van der Waals surface area contributed by atoms with E-state index in [2.05, 4.69) is 42.2 Å². The molecule has 0 aliphatic carbocycles. The third-order valence-electron chi connectivity index (χ3n) is 4.31. The molecule has 0 aliphatic rings. The second kappa shape index (κ2) is 5.97. The summed E-state index contributed by atoms with van der Waals surface area (Å²) in [4.78, 5) is 13.6. The monoisotopic (exact) mass is 312 g/mol. The fourth-order valence-electron chi connectivity index (χ4n) is 2.75. The van der Waals surface area contributed by atoms with E-state index in [1.54, 1.807) is 11.3 Å². The van der Waals surface area contributed by atoms with Crippen LogP contribution in [0.3, 0.4) is 0 Å². The number of amides is 1. The van der Waals surface area contributed by atoms with E-state index in [1.165, 1.54) is 21.7 Å². The van der Waals surface area contributed by atoms with Gasteiger partial charge in [0.25, 0.3) is 5.91 Å². The molecule has 2 heterocycles. The minimum atomic E-state index is -0.000591. The van der Waals surface area contributed by atoms with Crippen LogP contribution in [0.5, 0.6) is 0 Å². The second-order valence-electron chi connectivity index (χ2n) is 5.59. The van der Waals surface area contributed by atoms with Gasteiger partial charge in [-0.05, 0) is 55.5 Å². The van der Waals surface area contributed by atoms with Crippen LogP contribution >= 0.6 is 11.3 Å². The fraction of sp³-hybridized carbons (Fsp3) is 0.278. The molecule has 2 aromatic heterocycles. The maximum atomic E-state index is 12.3. The van der Waals surface area contributed by atoms with Crippen molar-refractivity contribution < 1.29 is 4.79 Å². The minimum absolute atomic E-state index is 0.000591. The van der Waals surface area contributed by atoms with Crippen molar-refractivity contribution in [3.05, 3.63) is 57.4 Å². The molecule has 1 amide bonds. The molecular formula is C18H20N2OS. The topological polar surface area (TPSA) is 34.0 Å². The molecule has 1 N–H and O–H groups in total. The normalized spacial score (nSPS) is 11.0. The van der Waals surface area contributed by atoms with E-state index in [0.29, 0.717) is 6.54 Å². The molecule has 0 radical (unpaired) electrons. The zero-order chi connectivity index (χ0) is 15.7. The van der Waals surface area contributed by atoms with Crippen LogP contribution in [0.15, 0.2) is 35.7 Å². The maximum absolute atomic E-state index is 12.3. The predicted molar refractivity (Wildman–Crippen MR) is 92.7 cm³/mol. The largest absolute Gasteiger partial charge is 0.352 e. The van der Waals surface area contributed by atoms with E-state index >= 15 is 0 Å². The van der Waals surface area contributed by atoms with Crippen molar-refractivity contribution in [3.8, 4) is 0 Å². The van der Waals surface area contributed by atoms with Gasteiger partial charge in [0.15, 0.2) is 0 Å². The Hall–Kier alpha value is -2.07. The number of nitrogens with one attached hydrogen (secondary N) is 1. The van der Waals surface area contributed by atoms with Crippen LogP contribution in [-0.2, 0) is 13.5 Å². The van der Waals surface area contributed by atoms with Crippen LogP contribution in [0, 0.1) is 13.8 Å². The molecule has 0 unspecified atom stereocenters. The highest BCUT2D eigenvalue weighted by atomic mass is 32.1. The Labute approximate surface area is 134 Å². The lowest BCUT2D eigenvalue weighted by molar-refractivity contribution is 0.0954. The van der Waals surface area contributed by atoms with Crippen molar-refractivity contribution in [2.45, 2.75) is 20.3 Å².